The Kier molecular flexibility index (Phi) is 5.68. The first-order valence-electron chi connectivity index (χ1n) is 13.1. The molecule has 2 aliphatic rings. The highest BCUT2D eigenvalue weighted by molar-refractivity contribution is 5.82. The molecule has 8 heteroatoms. The van der Waals surface area contributed by atoms with Crippen molar-refractivity contribution in [3.05, 3.63) is 113 Å². The minimum atomic E-state index is 0.712. The first-order chi connectivity index (χ1) is 19.7. The van der Waals surface area contributed by atoms with Gasteiger partial charge in [0.25, 0.3) is 0 Å². The third-order valence-electron chi connectivity index (χ3n) is 7.52. The second-order valence-corrected chi connectivity index (χ2v) is 9.91. The van der Waals surface area contributed by atoms with Gasteiger partial charge in [-0.05, 0) is 72.5 Å². The molecule has 0 aliphatic heterocycles. The van der Waals surface area contributed by atoms with Crippen LogP contribution in [0, 0.1) is 11.3 Å². The number of aromatic amines is 2. The van der Waals surface area contributed by atoms with Crippen LogP contribution in [0.5, 0.6) is 0 Å². The Labute approximate surface area is 230 Å². The standard InChI is InChI=1S/C17H12N4.C15H12N4/c18-9-11-3-5-14-12(8-11)4-6-15-16(20-21-17(14)15)13-2-1-7-19-10-13;16-11-3-4-12-10(6-11)7-13-14(18-19-15(12)13)9-2-1-5-17-8-9/h1-3,5,7-8,10H,4,6H2,(H,20,21);1-6,8H,7,16H2,(H,18,19). The molecule has 4 aromatic heterocycles. The van der Waals surface area contributed by atoms with E-state index in [4.69, 9.17) is 11.0 Å². The molecule has 0 radical (unpaired) electrons. The van der Waals surface area contributed by atoms with E-state index in [2.05, 4.69) is 42.5 Å². The zero-order valence-corrected chi connectivity index (χ0v) is 21.5. The number of nitrogens with one attached hydrogen (secondary N) is 2. The normalized spacial score (nSPS) is 12.3. The smallest absolute Gasteiger partial charge is 0.0991 e. The molecular weight excluding hydrogens is 496 g/mol. The molecule has 40 heavy (non-hydrogen) atoms. The fourth-order valence-electron chi connectivity index (χ4n) is 5.64. The van der Waals surface area contributed by atoms with E-state index in [0.717, 1.165) is 64.4 Å². The summed E-state index contributed by atoms with van der Waals surface area (Å²) < 4.78 is 0. The van der Waals surface area contributed by atoms with E-state index in [1.54, 1.807) is 12.4 Å². The highest BCUT2D eigenvalue weighted by Crippen LogP contribution is 2.40. The highest BCUT2D eigenvalue weighted by Gasteiger charge is 2.25. The number of aromatic nitrogens is 6. The number of nitrogens with zero attached hydrogens (tertiary/aromatic N) is 5. The van der Waals surface area contributed by atoms with Crippen LogP contribution in [0.1, 0.15) is 27.8 Å². The van der Waals surface area contributed by atoms with Crippen LogP contribution in [0.25, 0.3) is 45.0 Å². The predicted octanol–water partition coefficient (Wildman–Crippen LogP) is 5.73. The highest BCUT2D eigenvalue weighted by atomic mass is 15.1. The summed E-state index contributed by atoms with van der Waals surface area (Å²) in [5.41, 5.74) is 20.9. The van der Waals surface area contributed by atoms with Crippen molar-refractivity contribution < 1.29 is 0 Å². The summed E-state index contributed by atoms with van der Waals surface area (Å²) in [6.45, 7) is 0. The third-order valence-corrected chi connectivity index (χ3v) is 7.52. The van der Waals surface area contributed by atoms with Crippen LogP contribution in [0.15, 0.2) is 85.5 Å². The molecule has 0 bridgehead atoms. The Hall–Kier alpha value is -5.55. The maximum atomic E-state index is 9.01. The minimum Gasteiger partial charge on any atom is -0.399 e. The summed E-state index contributed by atoms with van der Waals surface area (Å²) in [5, 5.41) is 24.2. The molecule has 2 aliphatic carbocycles. The first kappa shape index (κ1) is 23.6. The van der Waals surface area contributed by atoms with Crippen molar-refractivity contribution in [2.45, 2.75) is 19.3 Å². The van der Waals surface area contributed by atoms with E-state index in [1.165, 1.54) is 27.8 Å². The van der Waals surface area contributed by atoms with Crippen LogP contribution < -0.4 is 5.73 Å². The quantitative estimate of drug-likeness (QED) is 0.249. The Morgan fingerprint density at radius 2 is 1.38 bits per heavy atom. The maximum absolute atomic E-state index is 9.01. The monoisotopic (exact) mass is 520 g/mol. The van der Waals surface area contributed by atoms with Gasteiger partial charge in [0.05, 0.1) is 34.4 Å². The number of fused-ring (bicyclic) bond motifs is 6. The molecule has 8 nitrogen and oxygen atoms in total. The molecule has 0 spiro atoms. The van der Waals surface area contributed by atoms with Gasteiger partial charge in [0, 0.05) is 70.3 Å². The molecule has 0 atom stereocenters. The number of H-pyrrole nitrogens is 2. The topological polar surface area (TPSA) is 133 Å². The molecule has 0 unspecified atom stereocenters. The summed E-state index contributed by atoms with van der Waals surface area (Å²) in [5.74, 6) is 0. The largest absolute Gasteiger partial charge is 0.399 e. The summed E-state index contributed by atoms with van der Waals surface area (Å²) in [6, 6.07) is 22.0. The van der Waals surface area contributed by atoms with Crippen molar-refractivity contribution in [1.29, 1.82) is 5.26 Å². The van der Waals surface area contributed by atoms with Gasteiger partial charge in [-0.25, -0.2) is 0 Å². The fourth-order valence-corrected chi connectivity index (χ4v) is 5.64. The van der Waals surface area contributed by atoms with Gasteiger partial charge in [-0.2, -0.15) is 15.5 Å². The number of hydrogen-bond donors (Lipinski definition) is 3. The minimum absolute atomic E-state index is 0.712. The molecule has 192 valence electrons. The zero-order valence-electron chi connectivity index (χ0n) is 21.5. The van der Waals surface area contributed by atoms with Gasteiger partial charge in [0.2, 0.25) is 0 Å². The van der Waals surface area contributed by atoms with Gasteiger partial charge in [-0.1, -0.05) is 12.1 Å². The molecule has 6 aromatic rings. The number of aryl methyl sites for hydroxylation is 1. The molecular formula is C32H24N8. The zero-order chi connectivity index (χ0) is 27.1. The van der Waals surface area contributed by atoms with E-state index in [0.29, 0.717) is 5.56 Å². The number of pyridine rings is 2. The number of benzene rings is 2. The van der Waals surface area contributed by atoms with Crippen LogP contribution >= 0.6 is 0 Å². The second kappa shape index (κ2) is 9.64. The summed E-state index contributed by atoms with van der Waals surface area (Å²) in [7, 11) is 0. The van der Waals surface area contributed by atoms with Gasteiger partial charge in [0.15, 0.2) is 0 Å². The molecule has 0 saturated carbocycles. The molecule has 0 saturated heterocycles. The molecule has 4 heterocycles. The number of rotatable bonds is 2. The fraction of sp³-hybridized carbons (Fsp3) is 0.0938. The average Bonchev–Trinajstić information content (AvgIpc) is 3.71. The summed E-state index contributed by atoms with van der Waals surface area (Å²) >= 11 is 0. The Balaban J connectivity index is 0.000000133. The molecule has 8 rings (SSSR count). The van der Waals surface area contributed by atoms with Crippen molar-refractivity contribution in [2.24, 2.45) is 0 Å². The number of nitrogens with two attached hydrogens (primary N) is 1. The van der Waals surface area contributed by atoms with Crippen LogP contribution in [0.3, 0.4) is 0 Å². The Morgan fingerprint density at radius 1 is 0.725 bits per heavy atom. The van der Waals surface area contributed by atoms with E-state index < -0.39 is 0 Å². The lowest BCUT2D eigenvalue weighted by molar-refractivity contribution is 0.942. The van der Waals surface area contributed by atoms with Crippen molar-refractivity contribution >= 4 is 5.69 Å². The average molecular weight is 521 g/mol. The lowest BCUT2D eigenvalue weighted by Crippen LogP contribution is -2.04. The summed E-state index contributed by atoms with van der Waals surface area (Å²) in [6.07, 6.45) is 9.95. The van der Waals surface area contributed by atoms with E-state index in [1.807, 2.05) is 67.0 Å². The molecule has 0 fully saturated rings. The van der Waals surface area contributed by atoms with Crippen LogP contribution in [0.2, 0.25) is 0 Å². The lowest BCUT2D eigenvalue weighted by atomic mass is 9.87. The van der Waals surface area contributed by atoms with Crippen molar-refractivity contribution in [3.8, 4) is 51.1 Å². The predicted molar refractivity (Wildman–Crippen MR) is 154 cm³/mol. The number of nitriles is 1. The maximum Gasteiger partial charge on any atom is 0.0991 e. The Morgan fingerprint density at radius 3 is 2.05 bits per heavy atom. The van der Waals surface area contributed by atoms with Gasteiger partial charge < -0.3 is 5.73 Å². The lowest BCUT2D eigenvalue weighted by Gasteiger charge is -2.16. The van der Waals surface area contributed by atoms with Gasteiger partial charge in [-0.15, -0.1) is 0 Å². The van der Waals surface area contributed by atoms with Gasteiger partial charge >= 0.3 is 0 Å². The SMILES string of the molecule is N#Cc1ccc2c(c1)CCc1c(-c3cccnc3)n[nH]c1-2.Nc1ccc2c(c1)Cc1c(-c3cccnc3)n[nH]c1-2. The number of nitrogen functional groups attached to an aromatic ring is 1. The first-order valence-corrected chi connectivity index (χ1v) is 13.1. The van der Waals surface area contributed by atoms with Crippen LogP contribution in [-0.4, -0.2) is 30.4 Å². The van der Waals surface area contributed by atoms with E-state index >= 15 is 0 Å². The van der Waals surface area contributed by atoms with E-state index in [9.17, 15) is 0 Å². The molecule has 4 N–H and O–H groups in total. The number of hydrogen-bond acceptors (Lipinski definition) is 6. The van der Waals surface area contributed by atoms with Crippen molar-refractivity contribution in [3.63, 3.8) is 0 Å². The van der Waals surface area contributed by atoms with E-state index in [-0.39, 0.29) is 0 Å². The van der Waals surface area contributed by atoms with Crippen LogP contribution in [0.4, 0.5) is 5.69 Å². The van der Waals surface area contributed by atoms with Gasteiger partial charge in [0.1, 0.15) is 0 Å². The number of anilines is 1. The molecule has 0 amide bonds. The van der Waals surface area contributed by atoms with Crippen molar-refractivity contribution in [2.75, 3.05) is 5.73 Å². The summed E-state index contributed by atoms with van der Waals surface area (Å²) in [4.78, 5) is 8.32. The van der Waals surface area contributed by atoms with Crippen molar-refractivity contribution in [1.82, 2.24) is 30.4 Å². The molecule has 2 aromatic carbocycles. The van der Waals surface area contributed by atoms with Gasteiger partial charge in [-0.3, -0.25) is 20.2 Å². The van der Waals surface area contributed by atoms with Crippen LogP contribution in [-0.2, 0) is 19.3 Å². The Bertz CT molecular complexity index is 1900. The third kappa shape index (κ3) is 4.01. The second-order valence-electron chi connectivity index (χ2n) is 9.91.